The molecular formula is C22H28FN3O3S. The predicted octanol–water partition coefficient (Wildman–Crippen LogP) is 3.56. The number of hydrogen-bond donors (Lipinski definition) is 1. The lowest BCUT2D eigenvalue weighted by Gasteiger charge is -2.24. The molecule has 1 saturated heterocycles. The topological polar surface area (TPSA) is 69.7 Å². The highest BCUT2D eigenvalue weighted by molar-refractivity contribution is 7.89. The van der Waals surface area contributed by atoms with Crippen molar-refractivity contribution in [3.63, 3.8) is 0 Å². The van der Waals surface area contributed by atoms with Gasteiger partial charge < -0.3 is 10.2 Å². The molecular weight excluding hydrogens is 405 g/mol. The number of benzene rings is 2. The molecule has 1 unspecified atom stereocenters. The molecule has 0 bridgehead atoms. The van der Waals surface area contributed by atoms with Gasteiger partial charge >= 0.3 is 6.03 Å². The van der Waals surface area contributed by atoms with E-state index in [2.05, 4.69) is 24.4 Å². The van der Waals surface area contributed by atoms with Gasteiger partial charge in [-0.25, -0.2) is 17.6 Å². The van der Waals surface area contributed by atoms with Gasteiger partial charge in [0.25, 0.3) is 0 Å². The second-order valence-electron chi connectivity index (χ2n) is 7.46. The summed E-state index contributed by atoms with van der Waals surface area (Å²) in [6.07, 6.45) is 1.50. The molecule has 1 fully saturated rings. The Hall–Kier alpha value is -2.45. The van der Waals surface area contributed by atoms with E-state index in [9.17, 15) is 17.6 Å². The van der Waals surface area contributed by atoms with Gasteiger partial charge in [-0.15, -0.1) is 0 Å². The first-order valence-corrected chi connectivity index (χ1v) is 11.6. The highest BCUT2D eigenvalue weighted by Gasteiger charge is 2.28. The molecule has 0 spiro atoms. The first-order valence-electron chi connectivity index (χ1n) is 10.2. The monoisotopic (exact) mass is 433 g/mol. The summed E-state index contributed by atoms with van der Waals surface area (Å²) < 4.78 is 40.1. The number of nitrogens with zero attached hydrogens (tertiary/aromatic N) is 2. The molecule has 6 nitrogen and oxygen atoms in total. The number of halogens is 1. The standard InChI is InChI=1S/C22H28FN3O3S/c1-3-18-5-7-19(8-6-18)17(2)24-22(27)25-13-4-14-26(16-15-25)30(28,29)21-11-9-20(23)10-12-21/h5-12,17H,3-4,13-16H2,1-2H3,(H,24,27). The summed E-state index contributed by atoms with van der Waals surface area (Å²) in [7, 11) is -3.72. The number of hydrogen-bond acceptors (Lipinski definition) is 3. The molecule has 0 saturated carbocycles. The van der Waals surface area contributed by atoms with E-state index in [-0.39, 0.29) is 23.5 Å². The van der Waals surface area contributed by atoms with Crippen LogP contribution in [0.5, 0.6) is 0 Å². The lowest BCUT2D eigenvalue weighted by Crippen LogP contribution is -2.43. The van der Waals surface area contributed by atoms with Gasteiger partial charge in [-0.3, -0.25) is 0 Å². The van der Waals surface area contributed by atoms with Crippen molar-refractivity contribution in [3.05, 3.63) is 65.5 Å². The molecule has 1 atom stereocenters. The van der Waals surface area contributed by atoms with Crippen LogP contribution in [0.3, 0.4) is 0 Å². The Balaban J connectivity index is 1.61. The second kappa shape index (κ2) is 9.57. The first-order chi connectivity index (χ1) is 14.3. The van der Waals surface area contributed by atoms with Crippen molar-refractivity contribution >= 4 is 16.1 Å². The zero-order valence-electron chi connectivity index (χ0n) is 17.3. The summed E-state index contributed by atoms with van der Waals surface area (Å²) in [6.45, 7) is 5.32. The predicted molar refractivity (Wildman–Crippen MR) is 114 cm³/mol. The molecule has 1 aliphatic heterocycles. The average molecular weight is 434 g/mol. The Morgan fingerprint density at radius 1 is 1.03 bits per heavy atom. The number of sulfonamides is 1. The number of carbonyl (C=O) groups excluding carboxylic acids is 1. The van der Waals surface area contributed by atoms with E-state index < -0.39 is 15.8 Å². The van der Waals surface area contributed by atoms with Crippen LogP contribution in [0.1, 0.15) is 37.4 Å². The molecule has 3 rings (SSSR count). The van der Waals surface area contributed by atoms with Gasteiger partial charge in [0.05, 0.1) is 10.9 Å². The van der Waals surface area contributed by atoms with Gasteiger partial charge in [0, 0.05) is 26.2 Å². The molecule has 0 aromatic heterocycles. The number of carbonyl (C=O) groups is 1. The van der Waals surface area contributed by atoms with E-state index in [0.717, 1.165) is 24.1 Å². The van der Waals surface area contributed by atoms with Gasteiger partial charge in [0.2, 0.25) is 10.0 Å². The normalized spacial score (nSPS) is 16.7. The van der Waals surface area contributed by atoms with Crippen LogP contribution in [0.2, 0.25) is 0 Å². The van der Waals surface area contributed by atoms with E-state index in [0.29, 0.717) is 26.1 Å². The van der Waals surface area contributed by atoms with E-state index in [1.807, 2.05) is 19.1 Å². The molecule has 162 valence electrons. The van der Waals surface area contributed by atoms with Crippen molar-refractivity contribution in [2.45, 2.75) is 37.6 Å². The Morgan fingerprint density at radius 2 is 1.70 bits per heavy atom. The molecule has 1 heterocycles. The fraction of sp³-hybridized carbons (Fsp3) is 0.409. The van der Waals surface area contributed by atoms with Gasteiger partial charge in [-0.05, 0) is 55.2 Å². The van der Waals surface area contributed by atoms with Crippen LogP contribution in [0.25, 0.3) is 0 Å². The third-order valence-corrected chi connectivity index (χ3v) is 7.33. The lowest BCUT2D eigenvalue weighted by atomic mass is 10.1. The lowest BCUT2D eigenvalue weighted by molar-refractivity contribution is 0.197. The molecule has 1 N–H and O–H groups in total. The Bertz CT molecular complexity index is 962. The number of nitrogens with one attached hydrogen (secondary N) is 1. The van der Waals surface area contributed by atoms with Crippen molar-refractivity contribution in [2.75, 3.05) is 26.2 Å². The highest BCUT2D eigenvalue weighted by Crippen LogP contribution is 2.19. The highest BCUT2D eigenvalue weighted by atomic mass is 32.2. The van der Waals surface area contributed by atoms with Crippen molar-refractivity contribution in [2.24, 2.45) is 0 Å². The SMILES string of the molecule is CCc1ccc(C(C)NC(=O)N2CCCN(S(=O)(=O)c3ccc(F)cc3)CC2)cc1. The van der Waals surface area contributed by atoms with Crippen LogP contribution in [0, 0.1) is 5.82 Å². The fourth-order valence-electron chi connectivity index (χ4n) is 3.49. The van der Waals surface area contributed by atoms with Crippen LogP contribution >= 0.6 is 0 Å². The van der Waals surface area contributed by atoms with E-state index in [1.165, 1.54) is 22.0 Å². The maximum Gasteiger partial charge on any atom is 0.317 e. The van der Waals surface area contributed by atoms with Crippen LogP contribution < -0.4 is 5.32 Å². The summed E-state index contributed by atoms with van der Waals surface area (Å²) in [6, 6.07) is 12.6. The Morgan fingerprint density at radius 3 is 2.33 bits per heavy atom. The van der Waals surface area contributed by atoms with E-state index >= 15 is 0 Å². The zero-order valence-corrected chi connectivity index (χ0v) is 18.2. The average Bonchev–Trinajstić information content (AvgIpc) is 3.01. The van der Waals surface area contributed by atoms with Crippen molar-refractivity contribution in [3.8, 4) is 0 Å². The van der Waals surface area contributed by atoms with Crippen molar-refractivity contribution in [1.82, 2.24) is 14.5 Å². The Kier molecular flexibility index (Phi) is 7.10. The summed E-state index contributed by atoms with van der Waals surface area (Å²) in [5.41, 5.74) is 2.27. The Labute approximate surface area is 177 Å². The zero-order chi connectivity index (χ0) is 21.7. The quantitative estimate of drug-likeness (QED) is 0.784. The van der Waals surface area contributed by atoms with Crippen LogP contribution in [0.15, 0.2) is 53.4 Å². The van der Waals surface area contributed by atoms with Gasteiger partial charge in [-0.2, -0.15) is 4.31 Å². The summed E-state index contributed by atoms with van der Waals surface area (Å²) in [5, 5.41) is 3.00. The first kappa shape index (κ1) is 22.2. The molecule has 0 radical (unpaired) electrons. The third-order valence-electron chi connectivity index (χ3n) is 5.42. The molecule has 2 amide bonds. The number of aryl methyl sites for hydroxylation is 1. The maximum absolute atomic E-state index is 13.1. The van der Waals surface area contributed by atoms with Gasteiger partial charge in [0.15, 0.2) is 0 Å². The molecule has 2 aromatic carbocycles. The van der Waals surface area contributed by atoms with Crippen molar-refractivity contribution < 1.29 is 17.6 Å². The summed E-state index contributed by atoms with van der Waals surface area (Å²) in [5.74, 6) is -0.480. The second-order valence-corrected chi connectivity index (χ2v) is 9.40. The fourth-order valence-corrected chi connectivity index (χ4v) is 4.96. The minimum atomic E-state index is -3.72. The summed E-state index contributed by atoms with van der Waals surface area (Å²) in [4.78, 5) is 14.4. The molecule has 0 aliphatic carbocycles. The van der Waals surface area contributed by atoms with E-state index in [4.69, 9.17) is 0 Å². The van der Waals surface area contributed by atoms with Crippen LogP contribution in [-0.2, 0) is 16.4 Å². The number of urea groups is 1. The molecule has 8 heteroatoms. The maximum atomic E-state index is 13.1. The van der Waals surface area contributed by atoms with Gasteiger partial charge in [0.1, 0.15) is 5.82 Å². The minimum Gasteiger partial charge on any atom is -0.331 e. The third kappa shape index (κ3) is 5.17. The largest absolute Gasteiger partial charge is 0.331 e. The van der Waals surface area contributed by atoms with Crippen LogP contribution in [-0.4, -0.2) is 49.8 Å². The van der Waals surface area contributed by atoms with Gasteiger partial charge in [-0.1, -0.05) is 31.2 Å². The number of rotatable bonds is 5. The van der Waals surface area contributed by atoms with Crippen LogP contribution in [0.4, 0.5) is 9.18 Å². The summed E-state index contributed by atoms with van der Waals surface area (Å²) >= 11 is 0. The van der Waals surface area contributed by atoms with Crippen molar-refractivity contribution in [1.29, 1.82) is 0 Å². The molecule has 1 aliphatic rings. The molecule has 30 heavy (non-hydrogen) atoms. The minimum absolute atomic E-state index is 0.0611. The smallest absolute Gasteiger partial charge is 0.317 e. The molecule has 2 aromatic rings. The van der Waals surface area contributed by atoms with E-state index in [1.54, 1.807) is 4.90 Å². The number of amides is 2.